The summed E-state index contributed by atoms with van der Waals surface area (Å²) in [6.45, 7) is 4.59. The summed E-state index contributed by atoms with van der Waals surface area (Å²) in [6.07, 6.45) is 0.712. The molecule has 144 valence electrons. The van der Waals surface area contributed by atoms with Gasteiger partial charge in [0.25, 0.3) is 5.91 Å². The normalized spacial score (nSPS) is 22.9. The van der Waals surface area contributed by atoms with E-state index < -0.39 is 9.84 Å². The molecule has 1 unspecified atom stereocenters. The van der Waals surface area contributed by atoms with Crippen molar-refractivity contribution in [2.75, 3.05) is 37.7 Å². The van der Waals surface area contributed by atoms with Crippen LogP contribution in [0.3, 0.4) is 0 Å². The number of rotatable bonds is 3. The van der Waals surface area contributed by atoms with Gasteiger partial charge in [-0.25, -0.2) is 8.42 Å². The Morgan fingerprint density at radius 3 is 2.56 bits per heavy atom. The Hall–Kier alpha value is -1.77. The lowest BCUT2D eigenvalue weighted by molar-refractivity contribution is 0.0586. The van der Waals surface area contributed by atoms with Gasteiger partial charge in [-0.15, -0.1) is 11.3 Å². The zero-order valence-electron chi connectivity index (χ0n) is 15.3. The van der Waals surface area contributed by atoms with Crippen LogP contribution in [-0.4, -0.2) is 72.8 Å². The van der Waals surface area contributed by atoms with E-state index in [1.54, 1.807) is 11.3 Å². The molecule has 4 heterocycles. The zero-order chi connectivity index (χ0) is 19.0. The molecular formula is C19H23N3O3S2. The molecule has 2 aromatic heterocycles. The largest absolute Gasteiger partial charge is 0.336 e. The standard InChI is InChI=1S/C19H23N3O3S2/c1-14-16(4-5-17(20-14)18-3-2-11-26-18)19(23)22-9-7-21(8-10-22)15-6-12-27(24,25)13-15/h2-5,11,15H,6-10,12-13H2,1H3. The summed E-state index contributed by atoms with van der Waals surface area (Å²) in [4.78, 5) is 22.7. The number of aryl methyl sites for hydroxylation is 1. The predicted octanol–water partition coefficient (Wildman–Crippen LogP) is 2.06. The van der Waals surface area contributed by atoms with Crippen LogP contribution < -0.4 is 0 Å². The minimum atomic E-state index is -2.88. The first-order valence-corrected chi connectivity index (χ1v) is 11.9. The number of hydrogen-bond acceptors (Lipinski definition) is 6. The van der Waals surface area contributed by atoms with Crippen LogP contribution in [-0.2, 0) is 9.84 Å². The SMILES string of the molecule is Cc1nc(-c2cccs2)ccc1C(=O)N1CCN(C2CCS(=O)(=O)C2)CC1. The number of nitrogens with zero attached hydrogens (tertiary/aromatic N) is 3. The molecule has 6 nitrogen and oxygen atoms in total. The molecule has 2 aliphatic heterocycles. The van der Waals surface area contributed by atoms with Crippen molar-refractivity contribution in [1.29, 1.82) is 0 Å². The van der Waals surface area contributed by atoms with Gasteiger partial charge < -0.3 is 4.90 Å². The maximum atomic E-state index is 12.9. The fourth-order valence-electron chi connectivity index (χ4n) is 3.87. The molecule has 0 spiro atoms. The van der Waals surface area contributed by atoms with Gasteiger partial charge in [0.2, 0.25) is 0 Å². The van der Waals surface area contributed by atoms with Gasteiger partial charge >= 0.3 is 0 Å². The zero-order valence-corrected chi connectivity index (χ0v) is 16.9. The number of piperazine rings is 1. The third-order valence-corrected chi connectivity index (χ3v) is 8.06. The maximum Gasteiger partial charge on any atom is 0.255 e. The van der Waals surface area contributed by atoms with Gasteiger partial charge in [-0.05, 0) is 36.9 Å². The fourth-order valence-corrected chi connectivity index (χ4v) is 6.33. The number of pyridine rings is 1. The highest BCUT2D eigenvalue weighted by Crippen LogP contribution is 2.25. The molecule has 27 heavy (non-hydrogen) atoms. The van der Waals surface area contributed by atoms with E-state index in [0.29, 0.717) is 25.1 Å². The van der Waals surface area contributed by atoms with Crippen LogP contribution in [0.4, 0.5) is 0 Å². The van der Waals surface area contributed by atoms with Gasteiger partial charge in [-0.3, -0.25) is 14.7 Å². The average Bonchev–Trinajstić information content (AvgIpc) is 3.31. The predicted molar refractivity (Wildman–Crippen MR) is 107 cm³/mol. The van der Waals surface area contributed by atoms with E-state index in [-0.39, 0.29) is 23.5 Å². The number of amides is 1. The van der Waals surface area contributed by atoms with Gasteiger partial charge in [0.05, 0.1) is 33.3 Å². The highest BCUT2D eigenvalue weighted by Gasteiger charge is 2.34. The number of thiophene rings is 1. The number of sulfone groups is 1. The van der Waals surface area contributed by atoms with Crippen LogP contribution in [0.1, 0.15) is 22.5 Å². The lowest BCUT2D eigenvalue weighted by Gasteiger charge is -2.37. The fraction of sp³-hybridized carbons (Fsp3) is 0.474. The highest BCUT2D eigenvalue weighted by molar-refractivity contribution is 7.91. The van der Waals surface area contributed by atoms with Crippen molar-refractivity contribution in [3.8, 4) is 10.6 Å². The molecule has 1 atom stereocenters. The summed E-state index contributed by atoms with van der Waals surface area (Å²) < 4.78 is 23.4. The molecule has 0 N–H and O–H groups in total. The van der Waals surface area contributed by atoms with Gasteiger partial charge in [0.1, 0.15) is 0 Å². The van der Waals surface area contributed by atoms with Crippen LogP contribution in [0, 0.1) is 6.92 Å². The Bertz CT molecular complexity index is 933. The molecule has 0 aromatic carbocycles. The Labute approximate surface area is 163 Å². The van der Waals surface area contributed by atoms with Crippen LogP contribution in [0.2, 0.25) is 0 Å². The van der Waals surface area contributed by atoms with Crippen molar-refractivity contribution < 1.29 is 13.2 Å². The van der Waals surface area contributed by atoms with Gasteiger partial charge in [-0.1, -0.05) is 6.07 Å². The van der Waals surface area contributed by atoms with Crippen molar-refractivity contribution in [3.05, 3.63) is 40.9 Å². The van der Waals surface area contributed by atoms with E-state index in [2.05, 4.69) is 9.88 Å². The number of aromatic nitrogens is 1. The quantitative estimate of drug-likeness (QED) is 0.782. The van der Waals surface area contributed by atoms with Crippen molar-refractivity contribution in [1.82, 2.24) is 14.8 Å². The lowest BCUT2D eigenvalue weighted by Crippen LogP contribution is -2.52. The number of carbonyl (C=O) groups excluding carboxylic acids is 1. The minimum absolute atomic E-state index is 0.0106. The second-order valence-electron chi connectivity index (χ2n) is 7.19. The average molecular weight is 406 g/mol. The number of carbonyl (C=O) groups is 1. The third kappa shape index (κ3) is 3.93. The first-order chi connectivity index (χ1) is 12.9. The second kappa shape index (κ2) is 7.33. The summed E-state index contributed by atoms with van der Waals surface area (Å²) in [7, 11) is -2.88. The van der Waals surface area contributed by atoms with Gasteiger partial charge in [-0.2, -0.15) is 0 Å². The molecule has 2 fully saturated rings. The molecule has 8 heteroatoms. The van der Waals surface area contributed by atoms with Crippen LogP contribution in [0.5, 0.6) is 0 Å². The molecule has 2 saturated heterocycles. The van der Waals surface area contributed by atoms with E-state index in [0.717, 1.165) is 29.4 Å². The van der Waals surface area contributed by atoms with Crippen molar-refractivity contribution in [3.63, 3.8) is 0 Å². The highest BCUT2D eigenvalue weighted by atomic mass is 32.2. The monoisotopic (exact) mass is 405 g/mol. The minimum Gasteiger partial charge on any atom is -0.336 e. The summed E-state index contributed by atoms with van der Waals surface area (Å²) in [6, 6.07) is 7.91. The molecule has 1 amide bonds. The summed E-state index contributed by atoms with van der Waals surface area (Å²) in [5.41, 5.74) is 2.29. The Kier molecular flexibility index (Phi) is 5.05. The first kappa shape index (κ1) is 18.6. The van der Waals surface area contributed by atoms with Crippen molar-refractivity contribution >= 4 is 27.1 Å². The topological polar surface area (TPSA) is 70.6 Å². The summed E-state index contributed by atoms with van der Waals surface area (Å²) in [5, 5.41) is 2.01. The second-order valence-corrected chi connectivity index (χ2v) is 10.4. The van der Waals surface area contributed by atoms with Crippen LogP contribution in [0.25, 0.3) is 10.6 Å². The van der Waals surface area contributed by atoms with Gasteiger partial charge in [0.15, 0.2) is 9.84 Å². The van der Waals surface area contributed by atoms with E-state index in [4.69, 9.17) is 0 Å². The molecule has 0 radical (unpaired) electrons. The maximum absolute atomic E-state index is 12.9. The summed E-state index contributed by atoms with van der Waals surface area (Å²) >= 11 is 1.63. The number of hydrogen-bond donors (Lipinski definition) is 0. The van der Waals surface area contributed by atoms with Gasteiger partial charge in [0, 0.05) is 32.2 Å². The molecule has 4 rings (SSSR count). The molecule has 2 aliphatic rings. The Balaban J connectivity index is 1.41. The van der Waals surface area contributed by atoms with E-state index in [9.17, 15) is 13.2 Å². The first-order valence-electron chi connectivity index (χ1n) is 9.18. The smallest absolute Gasteiger partial charge is 0.255 e. The molecular weight excluding hydrogens is 382 g/mol. The molecule has 2 aromatic rings. The Morgan fingerprint density at radius 1 is 1.19 bits per heavy atom. The lowest BCUT2D eigenvalue weighted by atomic mass is 10.1. The van der Waals surface area contributed by atoms with Crippen molar-refractivity contribution in [2.45, 2.75) is 19.4 Å². The van der Waals surface area contributed by atoms with E-state index in [1.807, 2.05) is 41.5 Å². The molecule has 0 bridgehead atoms. The van der Waals surface area contributed by atoms with E-state index >= 15 is 0 Å². The Morgan fingerprint density at radius 2 is 1.96 bits per heavy atom. The van der Waals surface area contributed by atoms with Crippen LogP contribution in [0.15, 0.2) is 29.6 Å². The molecule has 0 aliphatic carbocycles. The van der Waals surface area contributed by atoms with E-state index in [1.165, 1.54) is 0 Å². The van der Waals surface area contributed by atoms with Crippen molar-refractivity contribution in [2.24, 2.45) is 0 Å². The third-order valence-electron chi connectivity index (χ3n) is 5.42. The van der Waals surface area contributed by atoms with Crippen LogP contribution >= 0.6 is 11.3 Å². The summed E-state index contributed by atoms with van der Waals surface area (Å²) in [5.74, 6) is 0.559. The molecule has 0 saturated carbocycles.